The zero-order valence-corrected chi connectivity index (χ0v) is 9.70. The van der Waals surface area contributed by atoms with E-state index >= 15 is 0 Å². The molecule has 1 saturated carbocycles. The summed E-state index contributed by atoms with van der Waals surface area (Å²) in [4.78, 5) is 11.6. The molecule has 0 atom stereocenters. The van der Waals surface area contributed by atoms with Crippen LogP contribution in [0.25, 0.3) is 0 Å². The van der Waals surface area contributed by atoms with Crippen molar-refractivity contribution in [1.29, 1.82) is 0 Å². The molecule has 1 aliphatic rings. The van der Waals surface area contributed by atoms with Gasteiger partial charge in [-0.15, -0.1) is 0 Å². The Morgan fingerprint density at radius 1 is 1.50 bits per heavy atom. The van der Waals surface area contributed by atoms with Gasteiger partial charge in [-0.05, 0) is 30.5 Å². The van der Waals surface area contributed by atoms with E-state index in [1.54, 1.807) is 6.07 Å². The molecule has 1 aromatic rings. The standard InChI is InChI=1S/C12H15ClN2O/c13-9-3-1-2-8(4-9)5-12(16)15-11-6-10(14)7-11/h1-4,10-11H,5-7,14H2,(H,15,16). The van der Waals surface area contributed by atoms with Gasteiger partial charge in [0, 0.05) is 17.1 Å². The first-order valence-corrected chi connectivity index (χ1v) is 5.80. The first-order chi connectivity index (χ1) is 7.63. The molecule has 3 N–H and O–H groups in total. The van der Waals surface area contributed by atoms with E-state index in [0.717, 1.165) is 18.4 Å². The van der Waals surface area contributed by atoms with Crippen molar-refractivity contribution >= 4 is 17.5 Å². The number of hydrogen-bond acceptors (Lipinski definition) is 2. The van der Waals surface area contributed by atoms with E-state index in [9.17, 15) is 4.79 Å². The van der Waals surface area contributed by atoms with Crippen LogP contribution < -0.4 is 11.1 Å². The number of amides is 1. The smallest absolute Gasteiger partial charge is 0.224 e. The summed E-state index contributed by atoms with van der Waals surface area (Å²) in [5.41, 5.74) is 6.59. The number of nitrogens with two attached hydrogens (primary N) is 1. The number of carbonyl (C=O) groups excluding carboxylic acids is 1. The average molecular weight is 239 g/mol. The van der Waals surface area contributed by atoms with Crippen molar-refractivity contribution < 1.29 is 4.79 Å². The number of halogens is 1. The van der Waals surface area contributed by atoms with Crippen LogP contribution >= 0.6 is 11.6 Å². The Hall–Kier alpha value is -1.06. The van der Waals surface area contributed by atoms with Crippen LogP contribution in [0.5, 0.6) is 0 Å². The summed E-state index contributed by atoms with van der Waals surface area (Å²) in [6.45, 7) is 0. The van der Waals surface area contributed by atoms with Gasteiger partial charge in [0.1, 0.15) is 0 Å². The lowest BCUT2D eigenvalue weighted by Gasteiger charge is -2.32. The molecule has 0 aliphatic heterocycles. The van der Waals surface area contributed by atoms with Crippen molar-refractivity contribution in [3.8, 4) is 0 Å². The van der Waals surface area contributed by atoms with E-state index < -0.39 is 0 Å². The molecule has 0 unspecified atom stereocenters. The molecule has 0 saturated heterocycles. The van der Waals surface area contributed by atoms with Crippen LogP contribution in [-0.2, 0) is 11.2 Å². The maximum atomic E-state index is 11.6. The largest absolute Gasteiger partial charge is 0.353 e. The van der Waals surface area contributed by atoms with Gasteiger partial charge in [0.25, 0.3) is 0 Å². The van der Waals surface area contributed by atoms with Gasteiger partial charge in [-0.1, -0.05) is 23.7 Å². The lowest BCUT2D eigenvalue weighted by molar-refractivity contribution is -0.121. The zero-order valence-electron chi connectivity index (χ0n) is 8.95. The number of nitrogens with one attached hydrogen (secondary N) is 1. The number of benzene rings is 1. The molecule has 0 aromatic heterocycles. The van der Waals surface area contributed by atoms with Crippen LogP contribution in [0.1, 0.15) is 18.4 Å². The summed E-state index contributed by atoms with van der Waals surface area (Å²) < 4.78 is 0. The summed E-state index contributed by atoms with van der Waals surface area (Å²) in [5, 5.41) is 3.62. The summed E-state index contributed by atoms with van der Waals surface area (Å²) in [5.74, 6) is 0.0409. The van der Waals surface area contributed by atoms with E-state index in [4.69, 9.17) is 17.3 Å². The predicted octanol–water partition coefficient (Wildman–Crippen LogP) is 1.49. The fourth-order valence-corrected chi connectivity index (χ4v) is 2.10. The second kappa shape index (κ2) is 4.85. The SMILES string of the molecule is NC1CC(NC(=O)Cc2cccc(Cl)c2)C1. The van der Waals surface area contributed by atoms with E-state index in [2.05, 4.69) is 5.32 Å². The highest BCUT2D eigenvalue weighted by Gasteiger charge is 2.26. The second-order valence-corrected chi connectivity index (χ2v) is 4.74. The van der Waals surface area contributed by atoms with E-state index in [1.165, 1.54) is 0 Å². The molecule has 2 rings (SSSR count). The second-order valence-electron chi connectivity index (χ2n) is 4.30. The summed E-state index contributed by atoms with van der Waals surface area (Å²) in [7, 11) is 0. The molecule has 0 radical (unpaired) electrons. The minimum atomic E-state index is 0.0409. The first-order valence-electron chi connectivity index (χ1n) is 5.43. The first kappa shape index (κ1) is 11.4. The Morgan fingerprint density at radius 3 is 2.88 bits per heavy atom. The molecule has 0 spiro atoms. The lowest BCUT2D eigenvalue weighted by atomic mass is 9.87. The molecule has 1 aliphatic carbocycles. The Labute approximate surface area is 100.0 Å². The molecule has 0 heterocycles. The minimum Gasteiger partial charge on any atom is -0.353 e. The molecule has 86 valence electrons. The van der Waals surface area contributed by atoms with E-state index in [-0.39, 0.29) is 18.0 Å². The summed E-state index contributed by atoms with van der Waals surface area (Å²) in [6.07, 6.45) is 2.16. The molecule has 0 bridgehead atoms. The quantitative estimate of drug-likeness (QED) is 0.838. The highest BCUT2D eigenvalue weighted by Crippen LogP contribution is 2.17. The van der Waals surface area contributed by atoms with Crippen LogP contribution in [0, 0.1) is 0 Å². The van der Waals surface area contributed by atoms with Crippen LogP contribution in [0.15, 0.2) is 24.3 Å². The van der Waals surface area contributed by atoms with Crippen LogP contribution in [0.3, 0.4) is 0 Å². The highest BCUT2D eigenvalue weighted by atomic mass is 35.5. The molecular weight excluding hydrogens is 224 g/mol. The van der Waals surface area contributed by atoms with Gasteiger partial charge in [-0.2, -0.15) is 0 Å². The van der Waals surface area contributed by atoms with E-state index in [0.29, 0.717) is 11.4 Å². The fraction of sp³-hybridized carbons (Fsp3) is 0.417. The van der Waals surface area contributed by atoms with Crippen molar-refractivity contribution in [1.82, 2.24) is 5.32 Å². The predicted molar refractivity (Wildman–Crippen MR) is 64.3 cm³/mol. The van der Waals surface area contributed by atoms with Crippen LogP contribution in [0.4, 0.5) is 0 Å². The van der Waals surface area contributed by atoms with Gasteiger partial charge in [0.05, 0.1) is 6.42 Å². The zero-order chi connectivity index (χ0) is 11.5. The third-order valence-electron chi connectivity index (χ3n) is 2.79. The van der Waals surface area contributed by atoms with Crippen molar-refractivity contribution in [2.45, 2.75) is 31.3 Å². The van der Waals surface area contributed by atoms with E-state index in [1.807, 2.05) is 18.2 Å². The summed E-state index contributed by atoms with van der Waals surface area (Å²) >= 11 is 5.84. The van der Waals surface area contributed by atoms with Crippen molar-refractivity contribution in [2.75, 3.05) is 0 Å². The lowest BCUT2D eigenvalue weighted by Crippen LogP contribution is -2.50. The highest BCUT2D eigenvalue weighted by molar-refractivity contribution is 6.30. The third kappa shape index (κ3) is 2.97. The minimum absolute atomic E-state index is 0.0409. The molecule has 1 fully saturated rings. The van der Waals surface area contributed by atoms with Crippen LogP contribution in [-0.4, -0.2) is 18.0 Å². The molecule has 3 nitrogen and oxygen atoms in total. The van der Waals surface area contributed by atoms with Gasteiger partial charge in [-0.25, -0.2) is 0 Å². The van der Waals surface area contributed by atoms with Gasteiger partial charge < -0.3 is 11.1 Å². The topological polar surface area (TPSA) is 55.1 Å². The molecular formula is C12H15ClN2O. The molecule has 1 amide bonds. The Bertz CT molecular complexity index is 388. The van der Waals surface area contributed by atoms with Crippen molar-refractivity contribution in [3.63, 3.8) is 0 Å². The Morgan fingerprint density at radius 2 is 2.25 bits per heavy atom. The van der Waals surface area contributed by atoms with Crippen LogP contribution in [0.2, 0.25) is 5.02 Å². The molecule has 4 heteroatoms. The molecule has 1 aromatic carbocycles. The third-order valence-corrected chi connectivity index (χ3v) is 3.03. The maximum Gasteiger partial charge on any atom is 0.224 e. The maximum absolute atomic E-state index is 11.6. The van der Waals surface area contributed by atoms with Gasteiger partial charge in [-0.3, -0.25) is 4.79 Å². The number of carbonyl (C=O) groups is 1. The number of hydrogen-bond donors (Lipinski definition) is 2. The van der Waals surface area contributed by atoms with Crippen molar-refractivity contribution in [2.24, 2.45) is 5.73 Å². The average Bonchev–Trinajstić information content (AvgIpc) is 2.15. The van der Waals surface area contributed by atoms with Crippen molar-refractivity contribution in [3.05, 3.63) is 34.9 Å². The summed E-state index contributed by atoms with van der Waals surface area (Å²) in [6, 6.07) is 7.89. The molecule has 16 heavy (non-hydrogen) atoms. The van der Waals surface area contributed by atoms with Gasteiger partial charge in [0.2, 0.25) is 5.91 Å². The monoisotopic (exact) mass is 238 g/mol. The fourth-order valence-electron chi connectivity index (χ4n) is 1.89. The normalized spacial score (nSPS) is 23.6. The van der Waals surface area contributed by atoms with Gasteiger partial charge in [0.15, 0.2) is 0 Å². The van der Waals surface area contributed by atoms with Gasteiger partial charge >= 0.3 is 0 Å². The number of rotatable bonds is 3. The Kier molecular flexibility index (Phi) is 3.46. The Balaban J connectivity index is 1.83.